The minimum atomic E-state index is -0.813. The topological polar surface area (TPSA) is 72.9 Å². The minimum Gasteiger partial charge on any atom is -0.480 e. The van der Waals surface area contributed by atoms with E-state index < -0.39 is 5.97 Å². The van der Waals surface area contributed by atoms with Crippen molar-refractivity contribution in [3.63, 3.8) is 0 Å². The molecule has 2 atom stereocenters. The molecule has 1 aromatic rings. The van der Waals surface area contributed by atoms with Crippen LogP contribution in [-0.2, 0) is 4.79 Å². The molecule has 1 amide bonds. The van der Waals surface area contributed by atoms with Crippen LogP contribution in [0.4, 0.5) is 5.69 Å². The van der Waals surface area contributed by atoms with Crippen molar-refractivity contribution in [2.45, 2.75) is 38.6 Å². The summed E-state index contributed by atoms with van der Waals surface area (Å²) in [4.78, 5) is 28.2. The van der Waals surface area contributed by atoms with E-state index in [4.69, 9.17) is 5.11 Å². The standard InChI is InChI=1S/C20H29N3O3/c1-2-7-15-12-22(14-19(24)25)13-17(15)21-20(26)16-8-3-4-9-18(16)23-10-5-6-11-23/h3-4,8-9,15,17H,2,5-7,10-14H2,1H3,(H,21,26)(H,24,25)/t15-,17-/m0/s1. The number of para-hydroxylation sites is 1. The van der Waals surface area contributed by atoms with E-state index in [2.05, 4.69) is 17.1 Å². The number of aliphatic carboxylic acids is 1. The van der Waals surface area contributed by atoms with Crippen molar-refractivity contribution in [1.29, 1.82) is 0 Å². The van der Waals surface area contributed by atoms with Crippen LogP contribution in [0, 0.1) is 5.92 Å². The number of nitrogens with zero attached hydrogens (tertiary/aromatic N) is 2. The minimum absolute atomic E-state index is 0.00781. The Bertz CT molecular complexity index is 643. The lowest BCUT2D eigenvalue weighted by Gasteiger charge is -2.23. The summed E-state index contributed by atoms with van der Waals surface area (Å²) in [5.74, 6) is -0.551. The molecule has 2 N–H and O–H groups in total. The summed E-state index contributed by atoms with van der Waals surface area (Å²) in [6.07, 6.45) is 4.36. The molecule has 0 aromatic heterocycles. The largest absolute Gasteiger partial charge is 0.480 e. The molecule has 3 rings (SSSR count). The monoisotopic (exact) mass is 359 g/mol. The number of carbonyl (C=O) groups excluding carboxylic acids is 1. The molecule has 2 aliphatic rings. The molecule has 142 valence electrons. The van der Waals surface area contributed by atoms with Crippen LogP contribution in [-0.4, -0.2) is 60.6 Å². The Morgan fingerprint density at radius 2 is 1.92 bits per heavy atom. The van der Waals surface area contributed by atoms with Gasteiger partial charge in [-0.3, -0.25) is 14.5 Å². The van der Waals surface area contributed by atoms with Gasteiger partial charge in [-0.15, -0.1) is 0 Å². The summed E-state index contributed by atoms with van der Waals surface area (Å²) >= 11 is 0. The lowest BCUT2D eigenvalue weighted by atomic mass is 9.98. The first-order chi connectivity index (χ1) is 12.6. The highest BCUT2D eigenvalue weighted by atomic mass is 16.4. The van der Waals surface area contributed by atoms with E-state index in [1.165, 1.54) is 12.8 Å². The predicted molar refractivity (Wildman–Crippen MR) is 102 cm³/mol. The molecule has 0 unspecified atom stereocenters. The van der Waals surface area contributed by atoms with Gasteiger partial charge in [0.25, 0.3) is 5.91 Å². The second-order valence-corrected chi connectivity index (χ2v) is 7.43. The van der Waals surface area contributed by atoms with Crippen LogP contribution >= 0.6 is 0 Å². The van der Waals surface area contributed by atoms with Gasteiger partial charge in [0.05, 0.1) is 12.1 Å². The fourth-order valence-electron chi connectivity index (χ4n) is 4.25. The molecule has 2 fully saturated rings. The van der Waals surface area contributed by atoms with Crippen LogP contribution < -0.4 is 10.2 Å². The zero-order valence-corrected chi connectivity index (χ0v) is 15.5. The number of anilines is 1. The van der Waals surface area contributed by atoms with Crippen LogP contribution in [0.5, 0.6) is 0 Å². The van der Waals surface area contributed by atoms with Gasteiger partial charge in [0.2, 0.25) is 0 Å². The Kier molecular flexibility index (Phi) is 6.14. The van der Waals surface area contributed by atoms with Crippen molar-refractivity contribution < 1.29 is 14.7 Å². The fraction of sp³-hybridized carbons (Fsp3) is 0.600. The van der Waals surface area contributed by atoms with Gasteiger partial charge in [-0.25, -0.2) is 0 Å². The van der Waals surface area contributed by atoms with Gasteiger partial charge in [-0.2, -0.15) is 0 Å². The van der Waals surface area contributed by atoms with Crippen molar-refractivity contribution in [3.05, 3.63) is 29.8 Å². The van der Waals surface area contributed by atoms with E-state index in [0.29, 0.717) is 12.5 Å². The Morgan fingerprint density at radius 1 is 1.19 bits per heavy atom. The summed E-state index contributed by atoms with van der Waals surface area (Å²) < 4.78 is 0. The maximum Gasteiger partial charge on any atom is 0.317 e. The number of carboxylic acid groups (broad SMARTS) is 1. The van der Waals surface area contributed by atoms with Gasteiger partial charge in [-0.1, -0.05) is 25.5 Å². The Labute approximate surface area is 155 Å². The normalized spacial score (nSPS) is 23.3. The Balaban J connectivity index is 1.71. The van der Waals surface area contributed by atoms with Crippen LogP contribution in [0.2, 0.25) is 0 Å². The van der Waals surface area contributed by atoms with Gasteiger partial charge in [-0.05, 0) is 37.3 Å². The summed E-state index contributed by atoms with van der Waals surface area (Å²) in [7, 11) is 0. The van der Waals surface area contributed by atoms with Crippen molar-refractivity contribution in [2.24, 2.45) is 5.92 Å². The lowest BCUT2D eigenvalue weighted by Crippen LogP contribution is -2.41. The van der Waals surface area contributed by atoms with Gasteiger partial charge >= 0.3 is 5.97 Å². The molecule has 26 heavy (non-hydrogen) atoms. The van der Waals surface area contributed by atoms with Gasteiger partial charge in [0.1, 0.15) is 0 Å². The molecule has 6 nitrogen and oxygen atoms in total. The van der Waals surface area contributed by atoms with Crippen LogP contribution in [0.1, 0.15) is 43.0 Å². The number of benzene rings is 1. The highest BCUT2D eigenvalue weighted by Gasteiger charge is 2.34. The molecular formula is C20H29N3O3. The van der Waals surface area contributed by atoms with Crippen molar-refractivity contribution >= 4 is 17.6 Å². The van der Waals surface area contributed by atoms with E-state index in [1.54, 1.807) is 0 Å². The van der Waals surface area contributed by atoms with E-state index >= 15 is 0 Å². The van der Waals surface area contributed by atoms with E-state index in [-0.39, 0.29) is 18.5 Å². The third-order valence-electron chi connectivity index (χ3n) is 5.45. The summed E-state index contributed by atoms with van der Waals surface area (Å²) in [5, 5.41) is 12.3. The summed E-state index contributed by atoms with van der Waals surface area (Å²) in [5.41, 5.74) is 1.73. The number of rotatable bonds is 7. The fourth-order valence-corrected chi connectivity index (χ4v) is 4.25. The first-order valence-corrected chi connectivity index (χ1v) is 9.67. The number of carboxylic acids is 1. The first-order valence-electron chi connectivity index (χ1n) is 9.67. The maximum absolute atomic E-state index is 13.0. The van der Waals surface area contributed by atoms with E-state index in [9.17, 15) is 9.59 Å². The van der Waals surface area contributed by atoms with Crippen LogP contribution in [0.25, 0.3) is 0 Å². The molecule has 6 heteroatoms. The summed E-state index contributed by atoms with van der Waals surface area (Å²) in [6, 6.07) is 7.81. The lowest BCUT2D eigenvalue weighted by molar-refractivity contribution is -0.138. The highest BCUT2D eigenvalue weighted by Crippen LogP contribution is 2.26. The Morgan fingerprint density at radius 3 is 2.62 bits per heavy atom. The Hall–Kier alpha value is -2.08. The van der Waals surface area contributed by atoms with E-state index in [0.717, 1.165) is 43.7 Å². The van der Waals surface area contributed by atoms with Crippen molar-refractivity contribution in [3.8, 4) is 0 Å². The molecule has 0 saturated carbocycles. The summed E-state index contributed by atoms with van der Waals surface area (Å²) in [6.45, 7) is 5.50. The van der Waals surface area contributed by atoms with Gasteiger partial charge < -0.3 is 15.3 Å². The predicted octanol–water partition coefficient (Wildman–Crippen LogP) is 2.20. The number of amides is 1. The quantitative estimate of drug-likeness (QED) is 0.781. The SMILES string of the molecule is CCC[C@H]1CN(CC(=O)O)C[C@@H]1NC(=O)c1ccccc1N1CCCC1. The molecule has 0 bridgehead atoms. The molecule has 0 radical (unpaired) electrons. The second-order valence-electron chi connectivity index (χ2n) is 7.43. The third-order valence-corrected chi connectivity index (χ3v) is 5.45. The average Bonchev–Trinajstić information content (AvgIpc) is 3.25. The van der Waals surface area contributed by atoms with Crippen LogP contribution in [0.3, 0.4) is 0 Å². The number of hydrogen-bond donors (Lipinski definition) is 2. The smallest absolute Gasteiger partial charge is 0.317 e. The molecule has 2 aliphatic heterocycles. The number of likely N-dealkylation sites (tertiary alicyclic amines) is 1. The van der Waals surface area contributed by atoms with E-state index in [1.807, 2.05) is 29.2 Å². The number of nitrogens with one attached hydrogen (secondary N) is 1. The molecular weight excluding hydrogens is 330 g/mol. The average molecular weight is 359 g/mol. The highest BCUT2D eigenvalue weighted by molar-refractivity contribution is 6.00. The van der Waals surface area contributed by atoms with Gasteiger partial charge in [0, 0.05) is 37.9 Å². The molecule has 1 aromatic carbocycles. The molecule has 2 saturated heterocycles. The van der Waals surface area contributed by atoms with Gasteiger partial charge in [0.15, 0.2) is 0 Å². The second kappa shape index (κ2) is 8.54. The molecule has 0 spiro atoms. The maximum atomic E-state index is 13.0. The number of carbonyl (C=O) groups is 2. The zero-order chi connectivity index (χ0) is 18.5. The first kappa shape index (κ1) is 18.7. The molecule has 2 heterocycles. The number of hydrogen-bond acceptors (Lipinski definition) is 4. The van der Waals surface area contributed by atoms with Crippen LogP contribution in [0.15, 0.2) is 24.3 Å². The zero-order valence-electron chi connectivity index (χ0n) is 15.5. The third kappa shape index (κ3) is 4.36. The molecule has 0 aliphatic carbocycles. The van der Waals surface area contributed by atoms with Crippen molar-refractivity contribution in [1.82, 2.24) is 10.2 Å². The van der Waals surface area contributed by atoms with Crippen molar-refractivity contribution in [2.75, 3.05) is 37.6 Å².